The van der Waals surface area contributed by atoms with Gasteiger partial charge in [-0.1, -0.05) is 13.8 Å². The van der Waals surface area contributed by atoms with Crippen LogP contribution in [-0.4, -0.2) is 16.1 Å². The molecule has 3 nitrogen and oxygen atoms in total. The van der Waals surface area contributed by atoms with Crippen molar-refractivity contribution in [3.8, 4) is 0 Å². The molecule has 0 unspecified atom stereocenters. The minimum Gasteiger partial charge on any atom is -0.322 e. The van der Waals surface area contributed by atoms with Gasteiger partial charge in [0.25, 0.3) is 0 Å². The Balaban J connectivity index is 2.19. The number of alkyl halides is 3. The molecule has 1 aromatic heterocycles. The summed E-state index contributed by atoms with van der Waals surface area (Å²) in [7, 11) is 0. The number of benzene rings is 1. The summed E-state index contributed by atoms with van der Waals surface area (Å²) >= 11 is 2.74. The van der Waals surface area contributed by atoms with E-state index in [1.165, 1.54) is 35.2 Å². The Labute approximate surface area is 152 Å². The van der Waals surface area contributed by atoms with Gasteiger partial charge in [-0.05, 0) is 30.7 Å². The van der Waals surface area contributed by atoms with Gasteiger partial charge in [0.1, 0.15) is 0 Å². The van der Waals surface area contributed by atoms with Gasteiger partial charge in [-0.15, -0.1) is 23.1 Å². The molecule has 1 atom stereocenters. The molecular weight excluding hydrogens is 369 g/mol. The summed E-state index contributed by atoms with van der Waals surface area (Å²) in [5, 5.41) is 4.23. The normalized spacial score (nSPS) is 13.2. The highest BCUT2D eigenvalue weighted by molar-refractivity contribution is 7.99. The monoisotopic (exact) mass is 386 g/mol. The number of aromatic nitrogens is 1. The molecule has 0 aliphatic carbocycles. The second-order valence-corrected chi connectivity index (χ2v) is 7.51. The van der Waals surface area contributed by atoms with Gasteiger partial charge >= 0.3 is 6.18 Å². The fourth-order valence-electron chi connectivity index (χ4n) is 1.90. The number of thioether (sulfide) groups is 1. The number of amides is 1. The molecular formula is C17H17F3N2OS2. The minimum absolute atomic E-state index is 0.211. The zero-order chi connectivity index (χ0) is 18.4. The molecule has 2 rings (SSSR count). The third kappa shape index (κ3) is 5.89. The van der Waals surface area contributed by atoms with Crippen molar-refractivity contribution in [2.75, 3.05) is 5.32 Å². The molecule has 0 aliphatic heterocycles. The van der Waals surface area contributed by atoms with E-state index in [2.05, 4.69) is 10.3 Å². The first kappa shape index (κ1) is 19.5. The highest BCUT2D eigenvalue weighted by Crippen LogP contribution is 2.38. The smallest absolute Gasteiger partial charge is 0.322 e. The zero-order valence-corrected chi connectivity index (χ0v) is 15.3. The first-order valence-electron chi connectivity index (χ1n) is 7.54. The van der Waals surface area contributed by atoms with E-state index in [0.29, 0.717) is 10.6 Å². The SMILES string of the molecule is CC[C@@H](C)Sc1ccc(NC(=O)/C=C\c2cscn2)c(C(F)(F)F)c1. The largest absolute Gasteiger partial charge is 0.418 e. The Kier molecular flexibility index (Phi) is 6.66. The van der Waals surface area contributed by atoms with E-state index >= 15 is 0 Å². The van der Waals surface area contributed by atoms with Gasteiger partial charge in [-0.3, -0.25) is 4.79 Å². The molecule has 1 amide bonds. The van der Waals surface area contributed by atoms with Crippen molar-refractivity contribution in [3.05, 3.63) is 46.4 Å². The zero-order valence-electron chi connectivity index (χ0n) is 13.6. The van der Waals surface area contributed by atoms with Crippen LogP contribution >= 0.6 is 23.1 Å². The molecule has 134 valence electrons. The van der Waals surface area contributed by atoms with E-state index < -0.39 is 17.6 Å². The lowest BCUT2D eigenvalue weighted by molar-refractivity contribution is -0.137. The van der Waals surface area contributed by atoms with E-state index in [4.69, 9.17) is 0 Å². The summed E-state index contributed by atoms with van der Waals surface area (Å²) in [6.07, 6.45) is -1.08. The maximum absolute atomic E-state index is 13.3. The summed E-state index contributed by atoms with van der Waals surface area (Å²) in [4.78, 5) is 16.4. The van der Waals surface area contributed by atoms with E-state index in [1.807, 2.05) is 13.8 Å². The average molecular weight is 386 g/mol. The fraction of sp³-hybridized carbons (Fsp3) is 0.294. The summed E-state index contributed by atoms with van der Waals surface area (Å²) in [5.74, 6) is -0.638. The van der Waals surface area contributed by atoms with Crippen molar-refractivity contribution in [1.82, 2.24) is 4.98 Å². The van der Waals surface area contributed by atoms with Gasteiger partial charge in [-0.2, -0.15) is 13.2 Å². The summed E-state index contributed by atoms with van der Waals surface area (Å²) in [6.45, 7) is 3.93. The maximum Gasteiger partial charge on any atom is 0.418 e. The number of hydrogen-bond acceptors (Lipinski definition) is 4. The van der Waals surface area contributed by atoms with Gasteiger partial charge in [0.15, 0.2) is 0 Å². The van der Waals surface area contributed by atoms with Crippen LogP contribution in [0.5, 0.6) is 0 Å². The lowest BCUT2D eigenvalue weighted by Gasteiger charge is -2.16. The standard InChI is InChI=1S/C17H17F3N2OS2/c1-3-11(2)25-13-5-6-15(14(8-13)17(18,19)20)22-16(23)7-4-12-9-24-10-21-12/h4-11H,3H2,1-2H3,(H,22,23)/b7-4-/t11-/m1/s1. The van der Waals surface area contributed by atoms with Gasteiger partial charge in [0.2, 0.25) is 5.91 Å². The van der Waals surface area contributed by atoms with Crippen LogP contribution in [0.1, 0.15) is 31.5 Å². The number of anilines is 1. The number of carbonyl (C=O) groups excluding carboxylic acids is 1. The van der Waals surface area contributed by atoms with Crippen LogP contribution in [0, 0.1) is 0 Å². The van der Waals surface area contributed by atoms with Crippen LogP contribution < -0.4 is 5.32 Å². The fourth-order valence-corrected chi connectivity index (χ4v) is 3.38. The first-order valence-corrected chi connectivity index (χ1v) is 9.37. The molecule has 1 aromatic carbocycles. The van der Waals surface area contributed by atoms with Crippen LogP contribution in [0.15, 0.2) is 40.1 Å². The van der Waals surface area contributed by atoms with Crippen LogP contribution in [-0.2, 0) is 11.0 Å². The number of halogens is 3. The lowest BCUT2D eigenvalue weighted by atomic mass is 10.1. The van der Waals surface area contributed by atoms with Crippen LogP contribution in [0.3, 0.4) is 0 Å². The average Bonchev–Trinajstić information content (AvgIpc) is 3.06. The van der Waals surface area contributed by atoms with Crippen molar-refractivity contribution in [2.24, 2.45) is 0 Å². The van der Waals surface area contributed by atoms with Crippen LogP contribution in [0.4, 0.5) is 18.9 Å². The molecule has 0 spiro atoms. The predicted octanol–water partition coefficient (Wildman–Crippen LogP) is 5.70. The van der Waals surface area contributed by atoms with E-state index in [0.717, 1.165) is 18.6 Å². The lowest BCUT2D eigenvalue weighted by Crippen LogP contribution is -2.15. The van der Waals surface area contributed by atoms with Crippen molar-refractivity contribution in [1.29, 1.82) is 0 Å². The summed E-state index contributed by atoms with van der Waals surface area (Å²) in [5.41, 5.74) is 1.08. The van der Waals surface area contributed by atoms with Gasteiger partial charge in [0.05, 0.1) is 22.5 Å². The third-order valence-electron chi connectivity index (χ3n) is 3.32. The second-order valence-electron chi connectivity index (χ2n) is 5.28. The molecule has 0 bridgehead atoms. The quantitative estimate of drug-likeness (QED) is 0.511. The van der Waals surface area contributed by atoms with E-state index in [1.54, 1.807) is 17.0 Å². The number of rotatable bonds is 6. The Bertz CT molecular complexity index is 743. The number of nitrogens with one attached hydrogen (secondary N) is 1. The Morgan fingerprint density at radius 2 is 2.20 bits per heavy atom. The summed E-state index contributed by atoms with van der Waals surface area (Å²) < 4.78 is 40.0. The third-order valence-corrected chi connectivity index (χ3v) is 5.19. The van der Waals surface area contributed by atoms with Gasteiger partial charge < -0.3 is 5.32 Å². The molecule has 0 radical (unpaired) electrons. The molecule has 1 N–H and O–H groups in total. The maximum atomic E-state index is 13.3. The second kappa shape index (κ2) is 8.53. The minimum atomic E-state index is -4.55. The molecule has 0 aliphatic rings. The topological polar surface area (TPSA) is 42.0 Å². The Hall–Kier alpha value is -1.80. The van der Waals surface area contributed by atoms with Gasteiger partial charge in [0, 0.05) is 21.6 Å². The Morgan fingerprint density at radius 3 is 2.80 bits per heavy atom. The number of hydrogen-bond donors (Lipinski definition) is 1. The first-order chi connectivity index (χ1) is 11.8. The molecule has 0 saturated heterocycles. The van der Waals surface area contributed by atoms with Crippen molar-refractivity contribution in [2.45, 2.75) is 36.6 Å². The van der Waals surface area contributed by atoms with E-state index in [9.17, 15) is 18.0 Å². The molecule has 0 saturated carbocycles. The Morgan fingerprint density at radius 1 is 1.44 bits per heavy atom. The van der Waals surface area contributed by atoms with Crippen molar-refractivity contribution < 1.29 is 18.0 Å². The number of nitrogens with zero attached hydrogens (tertiary/aromatic N) is 1. The predicted molar refractivity (Wildman–Crippen MR) is 96.8 cm³/mol. The van der Waals surface area contributed by atoms with Gasteiger partial charge in [-0.25, -0.2) is 4.98 Å². The molecule has 25 heavy (non-hydrogen) atoms. The molecule has 0 fully saturated rings. The van der Waals surface area contributed by atoms with Crippen molar-refractivity contribution in [3.63, 3.8) is 0 Å². The molecule has 2 aromatic rings. The molecule has 8 heteroatoms. The molecule has 1 heterocycles. The number of carbonyl (C=O) groups is 1. The highest BCUT2D eigenvalue weighted by Gasteiger charge is 2.34. The highest BCUT2D eigenvalue weighted by atomic mass is 32.2. The van der Waals surface area contributed by atoms with Crippen LogP contribution in [0.2, 0.25) is 0 Å². The van der Waals surface area contributed by atoms with Crippen molar-refractivity contribution >= 4 is 40.8 Å². The number of thiazole rings is 1. The van der Waals surface area contributed by atoms with Crippen LogP contribution in [0.25, 0.3) is 6.08 Å². The van der Waals surface area contributed by atoms with E-state index in [-0.39, 0.29) is 10.9 Å². The summed E-state index contributed by atoms with van der Waals surface area (Å²) in [6, 6.07) is 3.96.